The van der Waals surface area contributed by atoms with Gasteiger partial charge in [-0.1, -0.05) is 23.2 Å². The summed E-state index contributed by atoms with van der Waals surface area (Å²) < 4.78 is 16.7. The molecule has 0 N–H and O–H groups in total. The van der Waals surface area contributed by atoms with Crippen LogP contribution < -0.4 is 10.2 Å². The summed E-state index contributed by atoms with van der Waals surface area (Å²) >= 11 is 17.8. The molecule has 1 aromatic heterocycles. The van der Waals surface area contributed by atoms with Gasteiger partial charge in [0.15, 0.2) is 5.76 Å². The zero-order valence-corrected chi connectivity index (χ0v) is 17.7. The molecule has 8 heteroatoms. The van der Waals surface area contributed by atoms with E-state index in [-0.39, 0.29) is 35.7 Å². The van der Waals surface area contributed by atoms with Crippen LogP contribution in [0.5, 0.6) is 5.75 Å². The fourth-order valence-corrected chi connectivity index (χ4v) is 3.11. The van der Waals surface area contributed by atoms with Gasteiger partial charge in [0.1, 0.15) is 5.58 Å². The van der Waals surface area contributed by atoms with E-state index in [2.05, 4.69) is 0 Å². The summed E-state index contributed by atoms with van der Waals surface area (Å²) in [7, 11) is 0. The number of carbonyl (C=O) groups is 1. The van der Waals surface area contributed by atoms with Crippen LogP contribution in [0.3, 0.4) is 0 Å². The van der Waals surface area contributed by atoms with Crippen LogP contribution >= 0.6 is 34.8 Å². The number of ether oxygens (including phenoxy) is 2. The molecule has 29 heavy (non-hydrogen) atoms. The lowest BCUT2D eigenvalue weighted by molar-refractivity contribution is 0.0526. The third kappa shape index (κ3) is 4.69. The molecule has 152 valence electrons. The Morgan fingerprint density at radius 2 is 1.90 bits per heavy atom. The Morgan fingerprint density at radius 3 is 2.59 bits per heavy atom. The van der Waals surface area contributed by atoms with Gasteiger partial charge in [0, 0.05) is 11.4 Å². The standard InChI is InChI=1S/C21H17Cl3O5/c1-2-27-21(26)13-5-7-17-14(10-13)18(25)20(28-9-3-8-22)19(29-17)12-4-6-15(23)16(24)11-12/h4-7,10-11H,2-3,8-9H2,1H3. The van der Waals surface area contributed by atoms with Crippen molar-refractivity contribution in [2.24, 2.45) is 0 Å². The Morgan fingerprint density at radius 1 is 1.10 bits per heavy atom. The summed E-state index contributed by atoms with van der Waals surface area (Å²) in [6.45, 7) is 2.17. The summed E-state index contributed by atoms with van der Waals surface area (Å²) in [5, 5.41) is 0.902. The second-order valence-electron chi connectivity index (χ2n) is 6.04. The second-order valence-corrected chi connectivity index (χ2v) is 7.23. The molecular weight excluding hydrogens is 439 g/mol. The zero-order chi connectivity index (χ0) is 21.0. The van der Waals surface area contributed by atoms with E-state index in [1.54, 1.807) is 31.2 Å². The Hall–Kier alpha value is -2.21. The molecule has 0 aliphatic heterocycles. The van der Waals surface area contributed by atoms with Crippen LogP contribution in [0.15, 0.2) is 45.6 Å². The molecule has 0 saturated carbocycles. The Balaban J connectivity index is 2.19. The first-order chi connectivity index (χ1) is 14.0. The average molecular weight is 456 g/mol. The highest BCUT2D eigenvalue weighted by Crippen LogP contribution is 2.34. The van der Waals surface area contributed by atoms with Gasteiger partial charge in [-0.15, -0.1) is 11.6 Å². The zero-order valence-electron chi connectivity index (χ0n) is 15.5. The topological polar surface area (TPSA) is 65.7 Å². The first-order valence-corrected chi connectivity index (χ1v) is 10.2. The monoisotopic (exact) mass is 454 g/mol. The van der Waals surface area contributed by atoms with Crippen molar-refractivity contribution in [2.45, 2.75) is 13.3 Å². The third-order valence-electron chi connectivity index (χ3n) is 4.07. The minimum absolute atomic E-state index is 0.0158. The highest BCUT2D eigenvalue weighted by molar-refractivity contribution is 6.42. The molecule has 1 heterocycles. The lowest BCUT2D eigenvalue weighted by Crippen LogP contribution is -2.12. The molecule has 0 bridgehead atoms. The highest BCUT2D eigenvalue weighted by Gasteiger charge is 2.20. The third-order valence-corrected chi connectivity index (χ3v) is 5.07. The molecule has 0 spiro atoms. The maximum absolute atomic E-state index is 13.2. The van der Waals surface area contributed by atoms with Gasteiger partial charge in [0.2, 0.25) is 11.2 Å². The van der Waals surface area contributed by atoms with Crippen molar-refractivity contribution in [1.29, 1.82) is 0 Å². The molecule has 0 aliphatic rings. The summed E-state index contributed by atoms with van der Waals surface area (Å²) in [5.41, 5.74) is 0.677. The molecule has 0 radical (unpaired) electrons. The Bertz CT molecular complexity index is 1110. The number of esters is 1. The second kappa shape index (κ2) is 9.53. The number of alkyl halides is 1. The first kappa shape index (κ1) is 21.5. The predicted molar refractivity (Wildman–Crippen MR) is 115 cm³/mol. The van der Waals surface area contributed by atoms with Gasteiger partial charge < -0.3 is 13.9 Å². The number of carbonyl (C=O) groups excluding carboxylic acids is 1. The van der Waals surface area contributed by atoms with E-state index in [1.807, 2.05) is 0 Å². The largest absolute Gasteiger partial charge is 0.486 e. The normalized spacial score (nSPS) is 10.9. The van der Waals surface area contributed by atoms with Crippen LogP contribution in [0.25, 0.3) is 22.3 Å². The van der Waals surface area contributed by atoms with E-state index in [1.165, 1.54) is 12.1 Å². The quantitative estimate of drug-likeness (QED) is 0.250. The number of rotatable bonds is 7. The molecule has 0 saturated heterocycles. The highest BCUT2D eigenvalue weighted by atomic mass is 35.5. The Kier molecular flexibility index (Phi) is 7.06. The van der Waals surface area contributed by atoms with Gasteiger partial charge in [0.25, 0.3) is 0 Å². The number of fused-ring (bicyclic) bond motifs is 1. The van der Waals surface area contributed by atoms with E-state index in [0.717, 1.165) is 0 Å². The van der Waals surface area contributed by atoms with Crippen LogP contribution in [0.1, 0.15) is 23.7 Å². The predicted octanol–water partition coefficient (Wildman–Crippen LogP) is 5.95. The molecule has 0 amide bonds. The molecule has 0 unspecified atom stereocenters. The number of benzene rings is 2. The minimum atomic E-state index is -0.521. The summed E-state index contributed by atoms with van der Waals surface area (Å²) in [4.78, 5) is 25.2. The van der Waals surface area contributed by atoms with Crippen molar-refractivity contribution in [2.75, 3.05) is 19.1 Å². The summed E-state index contributed by atoms with van der Waals surface area (Å²) in [6, 6.07) is 9.40. The van der Waals surface area contributed by atoms with E-state index in [4.69, 9.17) is 48.7 Å². The van der Waals surface area contributed by atoms with Crippen LogP contribution in [-0.4, -0.2) is 25.1 Å². The number of halogens is 3. The van der Waals surface area contributed by atoms with E-state index in [9.17, 15) is 9.59 Å². The van der Waals surface area contributed by atoms with Crippen molar-refractivity contribution in [3.05, 3.63) is 62.2 Å². The number of hydrogen-bond donors (Lipinski definition) is 0. The summed E-state index contributed by atoms with van der Waals surface area (Å²) in [5.74, 6) is 0.0992. The molecule has 3 aromatic rings. The van der Waals surface area contributed by atoms with E-state index >= 15 is 0 Å². The van der Waals surface area contributed by atoms with Crippen molar-refractivity contribution >= 4 is 51.7 Å². The van der Waals surface area contributed by atoms with Crippen molar-refractivity contribution in [3.8, 4) is 17.1 Å². The lowest BCUT2D eigenvalue weighted by Gasteiger charge is -2.12. The smallest absolute Gasteiger partial charge is 0.338 e. The minimum Gasteiger partial charge on any atom is -0.486 e. The van der Waals surface area contributed by atoms with Crippen molar-refractivity contribution in [1.82, 2.24) is 0 Å². The molecule has 0 atom stereocenters. The van der Waals surface area contributed by atoms with Gasteiger partial charge in [-0.2, -0.15) is 0 Å². The van der Waals surface area contributed by atoms with Crippen molar-refractivity contribution in [3.63, 3.8) is 0 Å². The van der Waals surface area contributed by atoms with Crippen LogP contribution in [0.4, 0.5) is 0 Å². The molecular formula is C21H17Cl3O5. The molecule has 0 aliphatic carbocycles. The fraction of sp³-hybridized carbons (Fsp3) is 0.238. The van der Waals surface area contributed by atoms with Gasteiger partial charge in [0.05, 0.1) is 34.2 Å². The van der Waals surface area contributed by atoms with E-state index < -0.39 is 11.4 Å². The lowest BCUT2D eigenvalue weighted by atomic mass is 10.1. The first-order valence-electron chi connectivity index (χ1n) is 8.88. The van der Waals surface area contributed by atoms with Crippen molar-refractivity contribution < 1.29 is 18.7 Å². The van der Waals surface area contributed by atoms with Crippen LogP contribution in [0, 0.1) is 0 Å². The number of hydrogen-bond acceptors (Lipinski definition) is 5. The maximum atomic E-state index is 13.2. The summed E-state index contributed by atoms with van der Waals surface area (Å²) in [6.07, 6.45) is 0.544. The maximum Gasteiger partial charge on any atom is 0.338 e. The molecule has 5 nitrogen and oxygen atoms in total. The van der Waals surface area contributed by atoms with Crippen LogP contribution in [0.2, 0.25) is 10.0 Å². The molecule has 2 aromatic carbocycles. The van der Waals surface area contributed by atoms with Gasteiger partial charge >= 0.3 is 5.97 Å². The molecule has 0 fully saturated rings. The van der Waals surface area contributed by atoms with E-state index in [0.29, 0.717) is 33.5 Å². The Labute approximate surface area is 182 Å². The van der Waals surface area contributed by atoms with Crippen LogP contribution in [-0.2, 0) is 4.74 Å². The average Bonchev–Trinajstić information content (AvgIpc) is 2.71. The van der Waals surface area contributed by atoms with Gasteiger partial charge in [-0.3, -0.25) is 4.79 Å². The van der Waals surface area contributed by atoms with Gasteiger partial charge in [-0.25, -0.2) is 4.79 Å². The SMILES string of the molecule is CCOC(=O)c1ccc2oc(-c3ccc(Cl)c(Cl)c3)c(OCCCCl)c(=O)c2c1. The molecule has 3 rings (SSSR count). The van der Waals surface area contributed by atoms with Gasteiger partial charge in [-0.05, 0) is 49.7 Å². The fourth-order valence-electron chi connectivity index (χ4n) is 2.71.